The van der Waals surface area contributed by atoms with Gasteiger partial charge in [0.05, 0.1) is 5.56 Å². The summed E-state index contributed by atoms with van der Waals surface area (Å²) in [5.74, 6) is -0.812. The number of fused-ring (bicyclic) bond motifs is 1. The zero-order valence-electron chi connectivity index (χ0n) is 14.0. The van der Waals surface area contributed by atoms with Crippen molar-refractivity contribution in [2.24, 2.45) is 5.73 Å². The van der Waals surface area contributed by atoms with E-state index in [9.17, 15) is 9.59 Å². The lowest BCUT2D eigenvalue weighted by Crippen LogP contribution is -2.56. The van der Waals surface area contributed by atoms with Crippen molar-refractivity contribution in [1.82, 2.24) is 10.6 Å². The Hall–Kier alpha value is -0.800. The number of alkyl halides is 3. The molecule has 26 heavy (non-hydrogen) atoms. The van der Waals surface area contributed by atoms with Gasteiger partial charge in [-0.2, -0.15) is 0 Å². The summed E-state index contributed by atoms with van der Waals surface area (Å²) in [7, 11) is 0. The first-order valence-electron chi connectivity index (χ1n) is 8.01. The average molecular weight is 458 g/mol. The molecule has 1 atom stereocenters. The molecule has 1 heterocycles. The number of nitrogens with two attached hydrogens (primary N) is 1. The number of hydrogen-bond acceptors (Lipinski definition) is 4. The van der Waals surface area contributed by atoms with Gasteiger partial charge in [-0.25, -0.2) is 0 Å². The number of amides is 2. The van der Waals surface area contributed by atoms with Gasteiger partial charge < -0.3 is 21.7 Å². The van der Waals surface area contributed by atoms with Crippen LogP contribution in [0.2, 0.25) is 0 Å². The highest BCUT2D eigenvalue weighted by molar-refractivity contribution is 7.80. The first-order valence-corrected chi connectivity index (χ1v) is 10.4. The summed E-state index contributed by atoms with van der Waals surface area (Å²) in [5, 5.41) is 8.94. The van der Waals surface area contributed by atoms with Crippen LogP contribution in [0, 0.1) is 0 Å². The highest BCUT2D eigenvalue weighted by Gasteiger charge is 2.34. The molecule has 0 radical (unpaired) electrons. The number of thiocarbonyl (C=S) groups is 1. The Morgan fingerprint density at radius 3 is 2.50 bits per heavy atom. The Balaban J connectivity index is 2.17. The third kappa shape index (κ3) is 5.36. The minimum absolute atomic E-state index is 0.110. The molecule has 0 fully saturated rings. The number of hydrogen-bond donors (Lipinski definition) is 4. The molecule has 0 saturated heterocycles. The molecule has 0 saturated carbocycles. The molecule has 6 nitrogen and oxygen atoms in total. The molecular formula is C15H19Cl3N4O2S2. The van der Waals surface area contributed by atoms with Gasteiger partial charge in [0.15, 0.2) is 5.11 Å². The SMILES string of the molecule is CCC(=O)NC(NC(=S)Nc1sc2c(c1C(N)=O)CCCC2)C(Cl)(Cl)Cl. The molecule has 11 heteroatoms. The number of nitrogens with one attached hydrogen (secondary N) is 3. The Labute approximate surface area is 176 Å². The minimum atomic E-state index is -1.82. The van der Waals surface area contributed by atoms with E-state index in [0.29, 0.717) is 10.6 Å². The van der Waals surface area contributed by atoms with Gasteiger partial charge in [0.2, 0.25) is 9.70 Å². The van der Waals surface area contributed by atoms with Crippen LogP contribution in [0.25, 0.3) is 0 Å². The summed E-state index contributed by atoms with van der Waals surface area (Å²) >= 11 is 24.4. The molecule has 0 aliphatic heterocycles. The fraction of sp³-hybridized carbons (Fsp3) is 0.533. The molecule has 1 aliphatic carbocycles. The highest BCUT2D eigenvalue weighted by Crippen LogP contribution is 2.38. The zero-order chi connectivity index (χ0) is 19.5. The standard InChI is InChI=1S/C15H19Cl3N4O2S2/c1-2-9(23)20-13(15(16,17)18)22-14(25)21-12-10(11(19)24)7-5-3-4-6-8(7)26-12/h13H,2-6H2,1H3,(H2,19,24)(H,20,23)(H2,21,22,25). The number of aryl methyl sites for hydroxylation is 1. The van der Waals surface area contributed by atoms with Crippen LogP contribution in [0.4, 0.5) is 5.00 Å². The van der Waals surface area contributed by atoms with Crippen LogP contribution in [-0.4, -0.2) is 26.9 Å². The van der Waals surface area contributed by atoms with Crippen molar-refractivity contribution >= 4 is 80.3 Å². The van der Waals surface area contributed by atoms with Crippen LogP contribution in [0.15, 0.2) is 0 Å². The van der Waals surface area contributed by atoms with Gasteiger partial charge in [-0.3, -0.25) is 9.59 Å². The van der Waals surface area contributed by atoms with Crippen molar-refractivity contribution in [2.45, 2.75) is 49.0 Å². The van der Waals surface area contributed by atoms with Crippen LogP contribution in [0.5, 0.6) is 0 Å². The molecule has 0 bridgehead atoms. The molecule has 1 aliphatic rings. The van der Waals surface area contributed by atoms with E-state index in [4.69, 9.17) is 52.8 Å². The summed E-state index contributed by atoms with van der Waals surface area (Å²) in [6.45, 7) is 1.68. The Morgan fingerprint density at radius 1 is 1.27 bits per heavy atom. The molecule has 0 aromatic carbocycles. The zero-order valence-corrected chi connectivity index (χ0v) is 17.9. The van der Waals surface area contributed by atoms with Crippen LogP contribution >= 0.6 is 58.4 Å². The maximum Gasteiger partial charge on any atom is 0.251 e. The van der Waals surface area contributed by atoms with Gasteiger partial charge in [-0.15, -0.1) is 11.3 Å². The summed E-state index contributed by atoms with van der Waals surface area (Å²) in [5.41, 5.74) is 7.00. The molecule has 2 amide bonds. The predicted octanol–water partition coefficient (Wildman–Crippen LogP) is 3.23. The van der Waals surface area contributed by atoms with Crippen LogP contribution in [0.1, 0.15) is 47.0 Å². The van der Waals surface area contributed by atoms with Crippen molar-refractivity contribution in [3.63, 3.8) is 0 Å². The number of anilines is 1. The molecule has 1 aromatic heterocycles. The van der Waals surface area contributed by atoms with Gasteiger partial charge in [0, 0.05) is 11.3 Å². The Bertz CT molecular complexity index is 718. The van der Waals surface area contributed by atoms with E-state index in [1.54, 1.807) is 6.92 Å². The number of rotatable bonds is 5. The minimum Gasteiger partial charge on any atom is -0.365 e. The van der Waals surface area contributed by atoms with Crippen molar-refractivity contribution < 1.29 is 9.59 Å². The van der Waals surface area contributed by atoms with E-state index in [1.165, 1.54) is 11.3 Å². The number of thiophene rings is 1. The quantitative estimate of drug-likeness (QED) is 0.309. The second-order valence-electron chi connectivity index (χ2n) is 5.77. The predicted molar refractivity (Wildman–Crippen MR) is 111 cm³/mol. The largest absolute Gasteiger partial charge is 0.365 e. The molecular weight excluding hydrogens is 439 g/mol. The normalized spacial score (nSPS) is 14.9. The molecule has 5 N–H and O–H groups in total. The van der Waals surface area contributed by atoms with E-state index in [1.807, 2.05) is 0 Å². The first kappa shape index (κ1) is 21.5. The second kappa shape index (κ2) is 8.93. The van der Waals surface area contributed by atoms with Gasteiger partial charge >= 0.3 is 0 Å². The van der Waals surface area contributed by atoms with Gasteiger partial charge in [0.25, 0.3) is 5.91 Å². The molecule has 0 spiro atoms. The summed E-state index contributed by atoms with van der Waals surface area (Å²) in [4.78, 5) is 24.7. The number of carbonyl (C=O) groups excluding carboxylic acids is 2. The Morgan fingerprint density at radius 2 is 1.92 bits per heavy atom. The molecule has 2 rings (SSSR count). The lowest BCUT2D eigenvalue weighted by molar-refractivity contribution is -0.121. The van der Waals surface area contributed by atoms with Crippen molar-refractivity contribution in [1.29, 1.82) is 0 Å². The van der Waals surface area contributed by atoms with E-state index in [0.717, 1.165) is 36.1 Å². The maximum absolute atomic E-state index is 11.9. The lowest BCUT2D eigenvalue weighted by Gasteiger charge is -2.27. The van der Waals surface area contributed by atoms with E-state index in [-0.39, 0.29) is 17.4 Å². The first-order chi connectivity index (χ1) is 12.1. The number of primary amides is 1. The monoisotopic (exact) mass is 456 g/mol. The fourth-order valence-electron chi connectivity index (χ4n) is 2.65. The number of carbonyl (C=O) groups is 2. The van der Waals surface area contributed by atoms with Crippen LogP contribution < -0.4 is 21.7 Å². The van der Waals surface area contributed by atoms with Crippen LogP contribution in [0.3, 0.4) is 0 Å². The van der Waals surface area contributed by atoms with E-state index >= 15 is 0 Å². The molecule has 1 aromatic rings. The van der Waals surface area contributed by atoms with Gasteiger partial charge in [0.1, 0.15) is 11.2 Å². The van der Waals surface area contributed by atoms with E-state index < -0.39 is 15.9 Å². The van der Waals surface area contributed by atoms with Crippen molar-refractivity contribution in [3.05, 3.63) is 16.0 Å². The molecule has 1 unspecified atom stereocenters. The fourth-order valence-corrected chi connectivity index (χ4v) is 4.56. The topological polar surface area (TPSA) is 96.2 Å². The van der Waals surface area contributed by atoms with Crippen molar-refractivity contribution in [3.8, 4) is 0 Å². The van der Waals surface area contributed by atoms with Gasteiger partial charge in [-0.05, 0) is 43.5 Å². The molecule has 144 valence electrons. The summed E-state index contributed by atoms with van der Waals surface area (Å²) < 4.78 is -1.82. The highest BCUT2D eigenvalue weighted by atomic mass is 35.6. The van der Waals surface area contributed by atoms with E-state index in [2.05, 4.69) is 16.0 Å². The smallest absolute Gasteiger partial charge is 0.251 e. The average Bonchev–Trinajstić information content (AvgIpc) is 2.90. The second-order valence-corrected chi connectivity index (χ2v) is 9.66. The third-order valence-electron chi connectivity index (χ3n) is 3.87. The number of halogens is 3. The van der Waals surface area contributed by atoms with Crippen molar-refractivity contribution in [2.75, 3.05) is 5.32 Å². The third-order valence-corrected chi connectivity index (χ3v) is 5.96. The lowest BCUT2D eigenvalue weighted by atomic mass is 9.95. The van der Waals surface area contributed by atoms with Gasteiger partial charge in [-0.1, -0.05) is 41.7 Å². The Kier molecular flexibility index (Phi) is 7.38. The van der Waals surface area contributed by atoms with Crippen LogP contribution in [-0.2, 0) is 17.6 Å². The summed E-state index contributed by atoms with van der Waals surface area (Å²) in [6, 6.07) is 0. The maximum atomic E-state index is 11.9. The summed E-state index contributed by atoms with van der Waals surface area (Å²) in [6.07, 6.45) is 3.01.